The second-order valence-corrected chi connectivity index (χ2v) is 4.21. The maximum atomic E-state index is 4.33. The molecule has 0 fully saturated rings. The van der Waals surface area contributed by atoms with Crippen LogP contribution in [0.2, 0.25) is 0 Å². The minimum Gasteiger partial charge on any atom is -0.316 e. The van der Waals surface area contributed by atoms with Crippen molar-refractivity contribution in [2.24, 2.45) is 0 Å². The summed E-state index contributed by atoms with van der Waals surface area (Å²) < 4.78 is 2.03. The van der Waals surface area contributed by atoms with E-state index in [1.165, 1.54) is 22.4 Å². The highest BCUT2D eigenvalue weighted by Gasteiger charge is 2.07. The SMILES string of the molecule is CCn1nccc1-c1cc(CNC)ccc1C. The number of benzene rings is 1. The number of aromatic nitrogens is 2. The van der Waals surface area contributed by atoms with Crippen LogP contribution in [0.4, 0.5) is 0 Å². The van der Waals surface area contributed by atoms with Gasteiger partial charge in [-0.15, -0.1) is 0 Å². The molecule has 0 saturated heterocycles. The van der Waals surface area contributed by atoms with Crippen molar-refractivity contribution in [2.75, 3.05) is 7.05 Å². The molecular formula is C14H19N3. The fourth-order valence-corrected chi connectivity index (χ4v) is 2.07. The highest BCUT2D eigenvalue weighted by molar-refractivity contribution is 5.64. The minimum atomic E-state index is 0.896. The fraction of sp³-hybridized carbons (Fsp3) is 0.357. The standard InChI is InChI=1S/C14H19N3/c1-4-17-14(7-8-16-17)13-9-12(10-15-3)6-5-11(13)2/h5-9,15H,4,10H2,1-3H3. The molecule has 0 unspecified atom stereocenters. The van der Waals surface area contributed by atoms with Crippen molar-refractivity contribution >= 4 is 0 Å². The lowest BCUT2D eigenvalue weighted by atomic mass is 10.0. The van der Waals surface area contributed by atoms with Gasteiger partial charge in [0.2, 0.25) is 0 Å². The molecule has 0 amide bonds. The van der Waals surface area contributed by atoms with Crippen LogP contribution < -0.4 is 5.32 Å². The summed E-state index contributed by atoms with van der Waals surface area (Å²) in [7, 11) is 1.97. The smallest absolute Gasteiger partial charge is 0.0684 e. The van der Waals surface area contributed by atoms with E-state index in [1.807, 2.05) is 17.9 Å². The van der Waals surface area contributed by atoms with Crippen LogP contribution in [-0.4, -0.2) is 16.8 Å². The Labute approximate surface area is 102 Å². The molecule has 1 aromatic heterocycles. The number of nitrogens with zero attached hydrogens (tertiary/aromatic N) is 2. The third-order valence-electron chi connectivity index (χ3n) is 2.97. The van der Waals surface area contributed by atoms with Gasteiger partial charge in [0.15, 0.2) is 0 Å². The van der Waals surface area contributed by atoms with E-state index in [1.54, 1.807) is 0 Å². The fourth-order valence-electron chi connectivity index (χ4n) is 2.07. The molecule has 0 aliphatic heterocycles. The summed E-state index contributed by atoms with van der Waals surface area (Å²) in [6, 6.07) is 8.67. The Hall–Kier alpha value is -1.61. The van der Waals surface area contributed by atoms with Gasteiger partial charge in [0.05, 0.1) is 5.69 Å². The van der Waals surface area contributed by atoms with E-state index in [9.17, 15) is 0 Å². The third-order valence-corrected chi connectivity index (χ3v) is 2.97. The van der Waals surface area contributed by atoms with Gasteiger partial charge in [-0.05, 0) is 44.2 Å². The molecule has 1 aromatic carbocycles. The van der Waals surface area contributed by atoms with Crippen LogP contribution in [0.1, 0.15) is 18.1 Å². The number of hydrogen-bond acceptors (Lipinski definition) is 2. The quantitative estimate of drug-likeness (QED) is 0.873. The maximum absolute atomic E-state index is 4.33. The summed E-state index contributed by atoms with van der Waals surface area (Å²) in [4.78, 5) is 0. The first kappa shape index (κ1) is 11.9. The first-order chi connectivity index (χ1) is 8.26. The van der Waals surface area contributed by atoms with Gasteiger partial charge in [0, 0.05) is 24.8 Å². The van der Waals surface area contributed by atoms with E-state index in [2.05, 4.69) is 48.5 Å². The average Bonchev–Trinajstić information content (AvgIpc) is 2.80. The Bertz CT molecular complexity index is 500. The third kappa shape index (κ3) is 2.39. The summed E-state index contributed by atoms with van der Waals surface area (Å²) in [6.45, 7) is 6.06. The van der Waals surface area contributed by atoms with Crippen LogP contribution in [-0.2, 0) is 13.1 Å². The maximum Gasteiger partial charge on any atom is 0.0684 e. The van der Waals surface area contributed by atoms with Crippen molar-refractivity contribution in [3.05, 3.63) is 41.6 Å². The molecule has 0 aliphatic rings. The predicted molar refractivity (Wildman–Crippen MR) is 70.8 cm³/mol. The van der Waals surface area contributed by atoms with E-state index >= 15 is 0 Å². The van der Waals surface area contributed by atoms with E-state index in [0.717, 1.165) is 13.1 Å². The summed E-state index contributed by atoms with van der Waals surface area (Å²) >= 11 is 0. The molecule has 2 rings (SSSR count). The van der Waals surface area contributed by atoms with Crippen LogP contribution in [0.3, 0.4) is 0 Å². The molecule has 0 aliphatic carbocycles. The summed E-state index contributed by atoms with van der Waals surface area (Å²) in [5.74, 6) is 0. The van der Waals surface area contributed by atoms with Crippen LogP contribution in [0.15, 0.2) is 30.5 Å². The first-order valence-corrected chi connectivity index (χ1v) is 6.02. The molecule has 2 aromatic rings. The number of nitrogens with one attached hydrogen (secondary N) is 1. The zero-order valence-corrected chi connectivity index (χ0v) is 10.7. The van der Waals surface area contributed by atoms with E-state index in [0.29, 0.717) is 0 Å². The monoisotopic (exact) mass is 229 g/mol. The molecule has 1 N–H and O–H groups in total. The normalized spacial score (nSPS) is 10.8. The molecule has 0 atom stereocenters. The lowest BCUT2D eigenvalue weighted by molar-refractivity contribution is 0.666. The zero-order chi connectivity index (χ0) is 12.3. The van der Waals surface area contributed by atoms with Crippen molar-refractivity contribution in [2.45, 2.75) is 26.9 Å². The largest absolute Gasteiger partial charge is 0.316 e. The Morgan fingerprint density at radius 3 is 2.82 bits per heavy atom. The lowest BCUT2D eigenvalue weighted by Crippen LogP contribution is -2.06. The molecule has 0 radical (unpaired) electrons. The summed E-state index contributed by atoms with van der Waals surface area (Å²) in [5, 5.41) is 7.51. The second kappa shape index (κ2) is 5.15. The second-order valence-electron chi connectivity index (χ2n) is 4.21. The van der Waals surface area contributed by atoms with Gasteiger partial charge in [-0.3, -0.25) is 4.68 Å². The van der Waals surface area contributed by atoms with Crippen molar-refractivity contribution in [3.63, 3.8) is 0 Å². The van der Waals surface area contributed by atoms with Gasteiger partial charge in [0.1, 0.15) is 0 Å². The van der Waals surface area contributed by atoms with Gasteiger partial charge in [-0.25, -0.2) is 0 Å². The molecule has 90 valence electrons. The van der Waals surface area contributed by atoms with Crippen LogP contribution >= 0.6 is 0 Å². The van der Waals surface area contributed by atoms with Gasteiger partial charge in [-0.2, -0.15) is 5.10 Å². The molecule has 3 nitrogen and oxygen atoms in total. The lowest BCUT2D eigenvalue weighted by Gasteiger charge is -2.10. The molecule has 0 saturated carbocycles. The van der Waals surface area contributed by atoms with Gasteiger partial charge >= 0.3 is 0 Å². The number of hydrogen-bond donors (Lipinski definition) is 1. The molecule has 1 heterocycles. The van der Waals surface area contributed by atoms with Gasteiger partial charge < -0.3 is 5.32 Å². The van der Waals surface area contributed by atoms with Crippen LogP contribution in [0, 0.1) is 6.92 Å². The zero-order valence-electron chi connectivity index (χ0n) is 10.7. The summed E-state index contributed by atoms with van der Waals surface area (Å²) in [5.41, 5.74) is 5.07. The molecule has 0 bridgehead atoms. The molecular weight excluding hydrogens is 210 g/mol. The Morgan fingerprint density at radius 1 is 1.29 bits per heavy atom. The summed E-state index contributed by atoms with van der Waals surface area (Å²) in [6.07, 6.45) is 1.86. The van der Waals surface area contributed by atoms with Crippen molar-refractivity contribution in [3.8, 4) is 11.3 Å². The minimum absolute atomic E-state index is 0.896. The topological polar surface area (TPSA) is 29.9 Å². The Morgan fingerprint density at radius 2 is 2.12 bits per heavy atom. The number of rotatable bonds is 4. The van der Waals surface area contributed by atoms with Gasteiger partial charge in [0.25, 0.3) is 0 Å². The van der Waals surface area contributed by atoms with E-state index < -0.39 is 0 Å². The van der Waals surface area contributed by atoms with Crippen molar-refractivity contribution < 1.29 is 0 Å². The highest BCUT2D eigenvalue weighted by Crippen LogP contribution is 2.24. The molecule has 0 spiro atoms. The van der Waals surface area contributed by atoms with Crippen LogP contribution in [0.5, 0.6) is 0 Å². The first-order valence-electron chi connectivity index (χ1n) is 6.02. The molecule has 3 heteroatoms. The van der Waals surface area contributed by atoms with Crippen molar-refractivity contribution in [1.82, 2.24) is 15.1 Å². The van der Waals surface area contributed by atoms with Gasteiger partial charge in [-0.1, -0.05) is 12.1 Å². The number of aryl methyl sites for hydroxylation is 2. The Balaban J connectivity index is 2.46. The molecule has 17 heavy (non-hydrogen) atoms. The van der Waals surface area contributed by atoms with Crippen molar-refractivity contribution in [1.29, 1.82) is 0 Å². The van der Waals surface area contributed by atoms with Crippen LogP contribution in [0.25, 0.3) is 11.3 Å². The van der Waals surface area contributed by atoms with E-state index in [4.69, 9.17) is 0 Å². The average molecular weight is 229 g/mol. The Kier molecular flexibility index (Phi) is 3.59. The predicted octanol–water partition coefficient (Wildman–Crippen LogP) is 2.60. The van der Waals surface area contributed by atoms with E-state index in [-0.39, 0.29) is 0 Å². The highest BCUT2D eigenvalue weighted by atomic mass is 15.3.